The van der Waals surface area contributed by atoms with Crippen molar-refractivity contribution in [3.8, 4) is 50.2 Å². The zero-order valence-electron chi connectivity index (χ0n) is 33.0. The second-order valence-electron chi connectivity index (χ2n) is 15.4. The summed E-state index contributed by atoms with van der Waals surface area (Å²) in [5.74, 6) is 0. The number of aromatic nitrogens is 1. The summed E-state index contributed by atoms with van der Waals surface area (Å²) in [6.45, 7) is 0. The van der Waals surface area contributed by atoms with Crippen LogP contribution in [0.15, 0.2) is 243 Å². The van der Waals surface area contributed by atoms with Crippen molar-refractivity contribution < 1.29 is 0 Å². The Balaban J connectivity index is 1.22. The molecule has 60 heavy (non-hydrogen) atoms. The molecule has 2 nitrogen and oxygen atoms in total. The topological polar surface area (TPSA) is 8.17 Å². The van der Waals surface area contributed by atoms with Crippen molar-refractivity contribution in [1.82, 2.24) is 4.57 Å². The molecule has 1 heterocycles. The van der Waals surface area contributed by atoms with Gasteiger partial charge in [0.05, 0.1) is 16.7 Å². The summed E-state index contributed by atoms with van der Waals surface area (Å²) < 4.78 is 2.40. The van der Waals surface area contributed by atoms with E-state index in [2.05, 4.69) is 252 Å². The lowest BCUT2D eigenvalue weighted by atomic mass is 9.92. The highest BCUT2D eigenvalue weighted by molar-refractivity contribution is 6.17. The third-order valence-electron chi connectivity index (χ3n) is 11.7. The molecule has 0 N–H and O–H groups in total. The summed E-state index contributed by atoms with van der Waals surface area (Å²) in [5, 5.41) is 4.87. The van der Waals surface area contributed by atoms with Gasteiger partial charge in [-0.2, -0.15) is 0 Å². The molecule has 0 spiro atoms. The highest BCUT2D eigenvalue weighted by atomic mass is 15.1. The van der Waals surface area contributed by atoms with Crippen molar-refractivity contribution in [2.75, 3.05) is 4.90 Å². The van der Waals surface area contributed by atoms with Crippen LogP contribution in [-0.2, 0) is 0 Å². The molecule has 10 aromatic carbocycles. The second kappa shape index (κ2) is 15.1. The van der Waals surface area contributed by atoms with E-state index in [-0.39, 0.29) is 0 Å². The van der Waals surface area contributed by atoms with Crippen LogP contribution in [0.25, 0.3) is 82.8 Å². The van der Waals surface area contributed by atoms with Gasteiger partial charge < -0.3 is 9.47 Å². The molecule has 0 aliphatic heterocycles. The summed E-state index contributed by atoms with van der Waals surface area (Å²) in [6.07, 6.45) is 0. The van der Waals surface area contributed by atoms with Crippen LogP contribution >= 0.6 is 0 Å². The average molecular weight is 765 g/mol. The fraction of sp³-hybridized carbons (Fsp3) is 0. The minimum Gasteiger partial charge on any atom is -0.310 e. The van der Waals surface area contributed by atoms with Gasteiger partial charge in [-0.1, -0.05) is 176 Å². The standard InChI is InChI=1S/C58H40N2/c1-5-18-41(19-6-1)47-37-48(42-20-7-2-8-21-42)39-51(38-47)59(56-30-17-31-57-58(56)53-28-15-16-29-55(53)60(57)49-26-11-4-12-27-49)50-34-35-52(54(40-50)44-23-9-3-10-24-44)46-33-32-43-22-13-14-25-45(43)36-46/h1-40H. The predicted molar refractivity (Wildman–Crippen MR) is 255 cm³/mol. The lowest BCUT2D eigenvalue weighted by Crippen LogP contribution is -2.11. The SMILES string of the molecule is c1ccc(-c2cc(-c3ccccc3)cc(N(c3ccc(-c4ccc5ccccc5c4)c(-c4ccccc4)c3)c3cccc4c3c3ccccc3n4-c3ccccc3)c2)cc1. The smallest absolute Gasteiger partial charge is 0.0562 e. The van der Waals surface area contributed by atoms with Gasteiger partial charge in [0.2, 0.25) is 0 Å². The van der Waals surface area contributed by atoms with Crippen molar-refractivity contribution in [3.05, 3.63) is 243 Å². The fourth-order valence-corrected chi connectivity index (χ4v) is 8.94. The molecule has 0 atom stereocenters. The highest BCUT2D eigenvalue weighted by Crippen LogP contribution is 2.47. The van der Waals surface area contributed by atoms with Crippen molar-refractivity contribution in [2.24, 2.45) is 0 Å². The summed E-state index contributed by atoms with van der Waals surface area (Å²) in [6, 6.07) is 88.1. The molecule has 0 aliphatic carbocycles. The molecule has 0 bridgehead atoms. The van der Waals surface area contributed by atoms with Crippen LogP contribution in [0.1, 0.15) is 0 Å². The molecule has 11 rings (SSSR count). The van der Waals surface area contributed by atoms with Gasteiger partial charge in [0.15, 0.2) is 0 Å². The van der Waals surface area contributed by atoms with Gasteiger partial charge in [0.1, 0.15) is 0 Å². The van der Waals surface area contributed by atoms with E-state index in [0.717, 1.165) is 39.4 Å². The molecular formula is C58H40N2. The molecule has 2 heteroatoms. The maximum atomic E-state index is 2.49. The summed E-state index contributed by atoms with van der Waals surface area (Å²) in [7, 11) is 0. The first kappa shape index (κ1) is 35.2. The van der Waals surface area contributed by atoms with Gasteiger partial charge in [-0.25, -0.2) is 0 Å². The van der Waals surface area contributed by atoms with Gasteiger partial charge in [-0.15, -0.1) is 0 Å². The van der Waals surface area contributed by atoms with Crippen molar-refractivity contribution in [1.29, 1.82) is 0 Å². The van der Waals surface area contributed by atoms with Crippen molar-refractivity contribution in [2.45, 2.75) is 0 Å². The van der Waals surface area contributed by atoms with Crippen LogP contribution in [0.2, 0.25) is 0 Å². The van der Waals surface area contributed by atoms with E-state index in [4.69, 9.17) is 0 Å². The molecule has 1 aromatic heterocycles. The van der Waals surface area contributed by atoms with E-state index in [0.29, 0.717) is 0 Å². The lowest BCUT2D eigenvalue weighted by Gasteiger charge is -2.29. The van der Waals surface area contributed by atoms with Crippen LogP contribution < -0.4 is 4.90 Å². The first-order valence-corrected chi connectivity index (χ1v) is 20.6. The van der Waals surface area contributed by atoms with Gasteiger partial charge >= 0.3 is 0 Å². The first-order chi connectivity index (χ1) is 29.8. The van der Waals surface area contributed by atoms with Crippen LogP contribution in [0.3, 0.4) is 0 Å². The Labute approximate surface area is 350 Å². The number of anilines is 3. The monoisotopic (exact) mass is 764 g/mol. The highest BCUT2D eigenvalue weighted by Gasteiger charge is 2.23. The maximum Gasteiger partial charge on any atom is 0.0562 e. The molecule has 0 saturated heterocycles. The zero-order valence-corrected chi connectivity index (χ0v) is 33.0. The number of nitrogens with zero attached hydrogens (tertiary/aromatic N) is 2. The molecule has 0 amide bonds. The van der Waals surface area contributed by atoms with Gasteiger partial charge in [0, 0.05) is 27.8 Å². The van der Waals surface area contributed by atoms with Crippen LogP contribution in [0.4, 0.5) is 17.1 Å². The van der Waals surface area contributed by atoms with E-state index in [1.54, 1.807) is 0 Å². The molecule has 0 radical (unpaired) electrons. The van der Waals surface area contributed by atoms with Crippen molar-refractivity contribution >= 4 is 49.6 Å². The van der Waals surface area contributed by atoms with E-state index < -0.39 is 0 Å². The van der Waals surface area contributed by atoms with E-state index in [9.17, 15) is 0 Å². The Morgan fingerprint density at radius 2 is 0.883 bits per heavy atom. The zero-order chi connectivity index (χ0) is 39.8. The van der Waals surface area contributed by atoms with E-state index in [1.807, 2.05) is 0 Å². The number of rotatable bonds is 8. The van der Waals surface area contributed by atoms with Crippen LogP contribution in [0.5, 0.6) is 0 Å². The Kier molecular flexibility index (Phi) is 8.87. The van der Waals surface area contributed by atoms with Crippen LogP contribution in [0, 0.1) is 0 Å². The van der Waals surface area contributed by atoms with Gasteiger partial charge in [-0.3, -0.25) is 0 Å². The average Bonchev–Trinajstić information content (AvgIpc) is 3.67. The van der Waals surface area contributed by atoms with E-state index in [1.165, 1.54) is 60.4 Å². The van der Waals surface area contributed by atoms with Crippen LogP contribution in [-0.4, -0.2) is 4.57 Å². The number of para-hydroxylation sites is 2. The molecule has 282 valence electrons. The second-order valence-corrected chi connectivity index (χ2v) is 15.4. The number of hydrogen-bond donors (Lipinski definition) is 0. The third-order valence-corrected chi connectivity index (χ3v) is 11.7. The number of fused-ring (bicyclic) bond motifs is 4. The third kappa shape index (κ3) is 6.32. The summed E-state index contributed by atoms with van der Waals surface area (Å²) >= 11 is 0. The Morgan fingerprint density at radius 3 is 1.58 bits per heavy atom. The minimum absolute atomic E-state index is 1.08. The van der Waals surface area contributed by atoms with Crippen molar-refractivity contribution in [3.63, 3.8) is 0 Å². The molecule has 0 saturated carbocycles. The van der Waals surface area contributed by atoms with Gasteiger partial charge in [-0.05, 0) is 122 Å². The van der Waals surface area contributed by atoms with Gasteiger partial charge in [0.25, 0.3) is 0 Å². The first-order valence-electron chi connectivity index (χ1n) is 20.6. The molecule has 0 unspecified atom stereocenters. The predicted octanol–water partition coefficient (Wildman–Crippen LogP) is 16.1. The molecule has 0 aliphatic rings. The Hall–Kier alpha value is -7.94. The number of benzene rings is 10. The lowest BCUT2D eigenvalue weighted by molar-refractivity contribution is 1.18. The summed E-state index contributed by atoms with van der Waals surface area (Å²) in [5.41, 5.74) is 16.1. The normalized spacial score (nSPS) is 11.3. The molecule has 0 fully saturated rings. The maximum absolute atomic E-state index is 2.49. The molecule has 11 aromatic rings. The van der Waals surface area contributed by atoms with E-state index >= 15 is 0 Å². The largest absolute Gasteiger partial charge is 0.310 e. The molecular weight excluding hydrogens is 725 g/mol. The Bertz CT molecular complexity index is 3240. The quantitative estimate of drug-likeness (QED) is 0.150. The fourth-order valence-electron chi connectivity index (χ4n) is 8.94. The number of hydrogen-bond acceptors (Lipinski definition) is 1. The minimum atomic E-state index is 1.08. The summed E-state index contributed by atoms with van der Waals surface area (Å²) in [4.78, 5) is 2.49. The Morgan fingerprint density at radius 1 is 0.300 bits per heavy atom.